The van der Waals surface area contributed by atoms with Gasteiger partial charge >= 0.3 is 7.12 Å². The van der Waals surface area contributed by atoms with Crippen LogP contribution >= 0.6 is 11.6 Å². The molecule has 0 bridgehead atoms. The minimum Gasteiger partial charge on any atom is -0.490 e. The molecule has 2 aliphatic rings. The van der Waals surface area contributed by atoms with Crippen molar-refractivity contribution in [3.05, 3.63) is 17.2 Å². The third kappa shape index (κ3) is 2.41. The topological polar surface area (TPSA) is 30.9 Å². The fraction of sp³-hybridized carbons (Fsp3) is 0.600. The highest BCUT2D eigenvalue weighted by Crippen LogP contribution is 2.39. The average molecular weight is 310 g/mol. The van der Waals surface area contributed by atoms with Gasteiger partial charge in [0.2, 0.25) is 0 Å². The third-order valence-electron chi connectivity index (χ3n) is 4.64. The normalized spacial score (nSPS) is 23.0. The first kappa shape index (κ1) is 15.0. The summed E-state index contributed by atoms with van der Waals surface area (Å²) in [5.74, 6) is 0.793. The molecule has 0 N–H and O–H groups in total. The molecule has 0 unspecified atom stereocenters. The molecule has 21 heavy (non-hydrogen) atoms. The summed E-state index contributed by atoms with van der Waals surface area (Å²) < 4.78 is 17.9. The summed E-state index contributed by atoms with van der Waals surface area (Å²) in [5, 5.41) is 0.666. The molecule has 0 saturated carbocycles. The van der Waals surface area contributed by atoms with Crippen molar-refractivity contribution in [1.82, 2.24) is 0 Å². The summed E-state index contributed by atoms with van der Waals surface area (Å²) >= 11 is 6.43. The number of likely N-dealkylation sites (N-methyl/N-ethyl adjacent to an activating group) is 1. The van der Waals surface area contributed by atoms with E-state index in [1.807, 2.05) is 46.9 Å². The van der Waals surface area contributed by atoms with E-state index in [2.05, 4.69) is 4.90 Å². The van der Waals surface area contributed by atoms with E-state index in [4.69, 9.17) is 25.6 Å². The van der Waals surface area contributed by atoms with E-state index in [0.29, 0.717) is 11.6 Å². The SMILES string of the molecule is CN1CCOc2cc(B3OC(C)(C)C(C)(C)O3)cc(Cl)c21. The third-order valence-corrected chi connectivity index (χ3v) is 4.93. The van der Waals surface area contributed by atoms with E-state index in [0.717, 1.165) is 23.4 Å². The number of ether oxygens (including phenoxy) is 1. The summed E-state index contributed by atoms with van der Waals surface area (Å²) in [5.41, 5.74) is 1.10. The van der Waals surface area contributed by atoms with Gasteiger partial charge in [-0.15, -0.1) is 0 Å². The average Bonchev–Trinajstić information content (AvgIpc) is 2.58. The molecule has 114 valence electrons. The molecule has 0 aromatic heterocycles. The summed E-state index contributed by atoms with van der Waals surface area (Å²) in [7, 11) is 1.59. The first-order chi connectivity index (χ1) is 9.71. The van der Waals surface area contributed by atoms with Crippen molar-refractivity contribution in [2.75, 3.05) is 25.1 Å². The Balaban J connectivity index is 1.97. The standard InChI is InChI=1S/C15H21BClNO3/c1-14(2)15(3,4)21-16(20-14)10-8-11(17)13-12(9-10)19-7-6-18(13)5/h8-9H,6-7H2,1-5H3. The number of fused-ring (bicyclic) bond motifs is 1. The van der Waals surface area contributed by atoms with Crippen LogP contribution in [0.15, 0.2) is 12.1 Å². The Hall–Kier alpha value is -0.905. The van der Waals surface area contributed by atoms with E-state index < -0.39 is 7.12 Å². The molecular formula is C15H21BClNO3. The van der Waals surface area contributed by atoms with Gasteiger partial charge in [-0.2, -0.15) is 0 Å². The first-order valence-corrected chi connectivity index (χ1v) is 7.62. The fourth-order valence-electron chi connectivity index (χ4n) is 2.59. The zero-order valence-electron chi connectivity index (χ0n) is 13.2. The summed E-state index contributed by atoms with van der Waals surface area (Å²) in [6.45, 7) is 9.65. The van der Waals surface area contributed by atoms with Crippen LogP contribution in [0.4, 0.5) is 5.69 Å². The lowest BCUT2D eigenvalue weighted by Gasteiger charge is -2.32. The second-order valence-corrected chi connectivity index (χ2v) is 7.11. The Kier molecular flexibility index (Phi) is 3.43. The van der Waals surface area contributed by atoms with Crippen molar-refractivity contribution >= 4 is 29.9 Å². The van der Waals surface area contributed by atoms with E-state index in [9.17, 15) is 0 Å². The Morgan fingerprint density at radius 2 is 1.76 bits per heavy atom. The van der Waals surface area contributed by atoms with Gasteiger partial charge in [-0.05, 0) is 45.3 Å². The number of anilines is 1. The molecule has 2 heterocycles. The van der Waals surface area contributed by atoms with Crippen molar-refractivity contribution in [2.45, 2.75) is 38.9 Å². The van der Waals surface area contributed by atoms with E-state index in [-0.39, 0.29) is 11.2 Å². The molecular weight excluding hydrogens is 288 g/mol. The molecule has 0 radical (unpaired) electrons. The molecule has 1 aromatic rings. The molecule has 4 nitrogen and oxygen atoms in total. The largest absolute Gasteiger partial charge is 0.495 e. The zero-order chi connectivity index (χ0) is 15.4. The number of hydrogen-bond acceptors (Lipinski definition) is 4. The molecule has 2 aliphatic heterocycles. The van der Waals surface area contributed by atoms with Gasteiger partial charge in [-0.25, -0.2) is 0 Å². The Morgan fingerprint density at radius 3 is 2.38 bits per heavy atom. The van der Waals surface area contributed by atoms with Gasteiger partial charge in [0.25, 0.3) is 0 Å². The number of rotatable bonds is 1. The van der Waals surface area contributed by atoms with Crippen LogP contribution in [0.5, 0.6) is 5.75 Å². The van der Waals surface area contributed by atoms with Gasteiger partial charge in [0.1, 0.15) is 12.4 Å². The maximum atomic E-state index is 6.43. The Bertz CT molecular complexity index is 560. The Morgan fingerprint density at radius 1 is 1.14 bits per heavy atom. The fourth-order valence-corrected chi connectivity index (χ4v) is 2.96. The summed E-state index contributed by atoms with van der Waals surface area (Å²) in [6, 6.07) is 3.88. The van der Waals surface area contributed by atoms with Crippen LogP contribution in [0, 0.1) is 0 Å². The molecule has 0 spiro atoms. The molecule has 3 rings (SSSR count). The van der Waals surface area contributed by atoms with E-state index in [1.54, 1.807) is 0 Å². The Labute approximate surface area is 131 Å². The van der Waals surface area contributed by atoms with Gasteiger partial charge < -0.3 is 18.9 Å². The van der Waals surface area contributed by atoms with Crippen LogP contribution in [-0.4, -0.2) is 38.5 Å². The molecule has 0 atom stereocenters. The quantitative estimate of drug-likeness (QED) is 0.746. The highest BCUT2D eigenvalue weighted by Gasteiger charge is 2.52. The number of hydrogen-bond donors (Lipinski definition) is 0. The van der Waals surface area contributed by atoms with Crippen LogP contribution < -0.4 is 15.1 Å². The van der Waals surface area contributed by atoms with Gasteiger partial charge in [0.05, 0.1) is 28.5 Å². The molecule has 6 heteroatoms. The second-order valence-electron chi connectivity index (χ2n) is 6.71. The van der Waals surface area contributed by atoms with Gasteiger partial charge in [0, 0.05) is 7.05 Å². The van der Waals surface area contributed by atoms with E-state index in [1.165, 1.54) is 0 Å². The maximum Gasteiger partial charge on any atom is 0.495 e. The van der Waals surface area contributed by atoms with Crippen LogP contribution in [0.2, 0.25) is 5.02 Å². The van der Waals surface area contributed by atoms with Gasteiger partial charge in [0.15, 0.2) is 0 Å². The minimum absolute atomic E-state index is 0.363. The van der Waals surface area contributed by atoms with Gasteiger partial charge in [-0.1, -0.05) is 11.6 Å². The van der Waals surface area contributed by atoms with Crippen molar-refractivity contribution < 1.29 is 14.0 Å². The summed E-state index contributed by atoms with van der Waals surface area (Å²) in [6.07, 6.45) is 0. The molecule has 1 saturated heterocycles. The maximum absolute atomic E-state index is 6.43. The van der Waals surface area contributed by atoms with Crippen molar-refractivity contribution in [3.8, 4) is 5.75 Å². The summed E-state index contributed by atoms with van der Waals surface area (Å²) in [4.78, 5) is 2.11. The number of nitrogens with zero attached hydrogens (tertiary/aromatic N) is 1. The molecule has 1 aromatic carbocycles. The highest BCUT2D eigenvalue weighted by atomic mass is 35.5. The molecule has 1 fully saturated rings. The smallest absolute Gasteiger partial charge is 0.490 e. The van der Waals surface area contributed by atoms with Crippen molar-refractivity contribution in [3.63, 3.8) is 0 Å². The van der Waals surface area contributed by atoms with Crippen LogP contribution in [0.3, 0.4) is 0 Å². The van der Waals surface area contributed by atoms with Crippen LogP contribution in [0.25, 0.3) is 0 Å². The van der Waals surface area contributed by atoms with Crippen molar-refractivity contribution in [1.29, 1.82) is 0 Å². The lowest BCUT2D eigenvalue weighted by Crippen LogP contribution is -2.41. The zero-order valence-corrected chi connectivity index (χ0v) is 14.0. The molecule has 0 amide bonds. The van der Waals surface area contributed by atoms with Gasteiger partial charge in [-0.3, -0.25) is 0 Å². The molecule has 0 aliphatic carbocycles. The van der Waals surface area contributed by atoms with Crippen LogP contribution in [-0.2, 0) is 9.31 Å². The first-order valence-electron chi connectivity index (χ1n) is 7.24. The number of benzene rings is 1. The van der Waals surface area contributed by atoms with Crippen molar-refractivity contribution in [2.24, 2.45) is 0 Å². The highest BCUT2D eigenvalue weighted by molar-refractivity contribution is 6.62. The minimum atomic E-state index is -0.423. The lowest BCUT2D eigenvalue weighted by molar-refractivity contribution is 0.00578. The van der Waals surface area contributed by atoms with Crippen LogP contribution in [0.1, 0.15) is 27.7 Å². The van der Waals surface area contributed by atoms with E-state index >= 15 is 0 Å². The monoisotopic (exact) mass is 309 g/mol. The predicted octanol–water partition coefficient (Wildman–Crippen LogP) is 2.47. The number of halogens is 1. The second kappa shape index (κ2) is 4.80. The lowest BCUT2D eigenvalue weighted by atomic mass is 9.79. The predicted molar refractivity (Wildman–Crippen MR) is 85.9 cm³/mol.